The number of hydrogen-bond donors (Lipinski definition) is 3. The number of carbonyl (C=O) groups excluding carboxylic acids is 2. The highest BCUT2D eigenvalue weighted by Gasteiger charge is 2.89. The zero-order valence-corrected chi connectivity index (χ0v) is 25.2. The predicted molar refractivity (Wildman–Crippen MR) is 152 cm³/mol. The lowest BCUT2D eigenvalue weighted by atomic mass is 9.44. The third-order valence-corrected chi connectivity index (χ3v) is 12.6. The number of nitrogens with zero attached hydrogens (tertiary/aromatic N) is 1. The Kier molecular flexibility index (Phi) is 6.46. The average molecular weight is 585 g/mol. The molecular formula is C32H44N2O8. The molecule has 3 N–H and O–H groups in total. The van der Waals surface area contributed by atoms with Crippen LogP contribution in [0.15, 0.2) is 24.3 Å². The highest BCUT2D eigenvalue weighted by atomic mass is 16.6. The predicted octanol–water partition coefficient (Wildman–Crippen LogP) is 2.22. The molecule has 8 unspecified atom stereocenters. The zero-order chi connectivity index (χ0) is 29.8. The highest BCUT2D eigenvalue weighted by molar-refractivity contribution is 6.00. The summed E-state index contributed by atoms with van der Waals surface area (Å²) in [6, 6.07) is 6.89. The van der Waals surface area contributed by atoms with Gasteiger partial charge in [-0.25, -0.2) is 4.79 Å². The molecule has 10 nitrogen and oxygen atoms in total. The highest BCUT2D eigenvalue weighted by Crippen LogP contribution is 2.79. The van der Waals surface area contributed by atoms with E-state index in [0.717, 1.165) is 0 Å². The van der Waals surface area contributed by atoms with Gasteiger partial charge in [-0.2, -0.15) is 0 Å². The fourth-order valence-electron chi connectivity index (χ4n) is 11.6. The number of ether oxygens (including phenoxy) is 4. The molecule has 1 heterocycles. The summed E-state index contributed by atoms with van der Waals surface area (Å²) in [7, 11) is 5.05. The Morgan fingerprint density at radius 2 is 1.83 bits per heavy atom. The van der Waals surface area contributed by atoms with Crippen molar-refractivity contribution in [3.05, 3.63) is 29.8 Å². The van der Waals surface area contributed by atoms with E-state index >= 15 is 0 Å². The number of rotatable bonds is 7. The second-order valence-electron chi connectivity index (χ2n) is 13.7. The molecule has 0 radical (unpaired) electrons. The third kappa shape index (κ3) is 3.21. The number of piperidine rings is 1. The maximum Gasteiger partial charge on any atom is 0.340 e. The van der Waals surface area contributed by atoms with Gasteiger partial charge >= 0.3 is 5.97 Å². The molecule has 1 spiro atoms. The molecule has 7 rings (SSSR count). The number of aliphatic hydroxyl groups is 2. The van der Waals surface area contributed by atoms with Crippen LogP contribution in [0.3, 0.4) is 0 Å². The van der Waals surface area contributed by atoms with Gasteiger partial charge < -0.3 is 34.5 Å². The number of carbonyl (C=O) groups is 2. The SMILES string of the molecule is CCN1C[C@]2(OC(=O)c3ccccc3NC(C)=O)CCC(OC)[C@]34C1C(CC23)[C@@]1(O)CC(OC)C2CC4[C@]1(O)C2OC. The molecule has 5 aliphatic carbocycles. The van der Waals surface area contributed by atoms with Gasteiger partial charge in [-0.15, -0.1) is 0 Å². The zero-order valence-electron chi connectivity index (χ0n) is 25.2. The summed E-state index contributed by atoms with van der Waals surface area (Å²) >= 11 is 0. The first-order chi connectivity index (χ1) is 20.1. The maximum atomic E-state index is 14.0. The average Bonchev–Trinajstić information content (AvgIpc) is 3.39. The minimum atomic E-state index is -1.48. The molecule has 10 heteroatoms. The van der Waals surface area contributed by atoms with Crippen LogP contribution in [0.5, 0.6) is 0 Å². The van der Waals surface area contributed by atoms with Crippen molar-refractivity contribution in [2.24, 2.45) is 29.1 Å². The van der Waals surface area contributed by atoms with Gasteiger partial charge in [0, 0.05) is 76.3 Å². The van der Waals surface area contributed by atoms with Crippen molar-refractivity contribution in [1.82, 2.24) is 4.90 Å². The topological polar surface area (TPSA) is 127 Å². The van der Waals surface area contributed by atoms with Crippen molar-refractivity contribution < 1.29 is 38.7 Å². The van der Waals surface area contributed by atoms with Crippen molar-refractivity contribution in [3.63, 3.8) is 0 Å². The van der Waals surface area contributed by atoms with E-state index in [1.54, 1.807) is 45.6 Å². The number of para-hydroxylation sites is 1. The summed E-state index contributed by atoms with van der Waals surface area (Å²) in [4.78, 5) is 28.3. The van der Waals surface area contributed by atoms with Gasteiger partial charge in [0.15, 0.2) is 0 Å². The first-order valence-corrected chi connectivity index (χ1v) is 15.4. The molecule has 42 heavy (non-hydrogen) atoms. The van der Waals surface area contributed by atoms with Crippen LogP contribution >= 0.6 is 0 Å². The van der Waals surface area contributed by atoms with E-state index in [9.17, 15) is 19.8 Å². The molecule has 7 bridgehead atoms. The van der Waals surface area contributed by atoms with Gasteiger partial charge in [0.25, 0.3) is 0 Å². The third-order valence-electron chi connectivity index (χ3n) is 12.6. The lowest BCUT2D eigenvalue weighted by molar-refractivity contribution is -0.337. The summed E-state index contributed by atoms with van der Waals surface area (Å²) in [5, 5.41) is 28.4. The summed E-state index contributed by atoms with van der Waals surface area (Å²) in [6.45, 7) is 4.79. The largest absolute Gasteiger partial charge is 0.454 e. The second kappa shape index (κ2) is 9.46. The van der Waals surface area contributed by atoms with Crippen LogP contribution in [-0.4, -0.2) is 103 Å². The van der Waals surface area contributed by atoms with E-state index in [0.29, 0.717) is 56.4 Å². The number of fused-ring (bicyclic) bond motifs is 2. The number of anilines is 1. The van der Waals surface area contributed by atoms with Crippen molar-refractivity contribution in [3.8, 4) is 0 Å². The van der Waals surface area contributed by atoms with E-state index in [2.05, 4.69) is 17.1 Å². The first-order valence-electron chi connectivity index (χ1n) is 15.4. The van der Waals surface area contributed by atoms with E-state index in [1.165, 1.54) is 6.92 Å². The Balaban J connectivity index is 1.38. The first kappa shape index (κ1) is 28.7. The monoisotopic (exact) mass is 584 g/mol. The van der Waals surface area contributed by atoms with Crippen molar-refractivity contribution >= 4 is 17.6 Å². The number of amides is 1. The Morgan fingerprint density at radius 1 is 1.07 bits per heavy atom. The Labute approximate surface area is 247 Å². The normalized spacial score (nSPS) is 48.2. The molecule has 5 saturated carbocycles. The number of benzene rings is 1. The number of methoxy groups -OCH3 is 3. The molecule has 6 fully saturated rings. The summed E-state index contributed by atoms with van der Waals surface area (Å²) in [5.74, 6) is -1.54. The lowest BCUT2D eigenvalue weighted by Gasteiger charge is -2.70. The summed E-state index contributed by atoms with van der Waals surface area (Å²) in [5.41, 5.74) is -3.57. The van der Waals surface area contributed by atoms with Gasteiger partial charge in [0.05, 0.1) is 29.6 Å². The van der Waals surface area contributed by atoms with Gasteiger partial charge in [0.1, 0.15) is 16.8 Å². The summed E-state index contributed by atoms with van der Waals surface area (Å²) in [6.07, 6.45) is 1.91. The molecule has 0 aromatic heterocycles. The van der Waals surface area contributed by atoms with E-state index in [1.807, 2.05) is 0 Å². The quantitative estimate of drug-likeness (QED) is 0.414. The Morgan fingerprint density at radius 3 is 2.50 bits per heavy atom. The Hall–Kier alpha value is -2.08. The molecule has 1 saturated heterocycles. The van der Waals surface area contributed by atoms with Gasteiger partial charge in [-0.05, 0) is 44.4 Å². The number of nitrogens with one attached hydrogen (secondary N) is 1. The van der Waals surface area contributed by atoms with Crippen molar-refractivity contribution in [2.75, 3.05) is 39.7 Å². The number of likely N-dealkylation sites (N-methyl/N-ethyl adjacent to an activating group) is 1. The van der Waals surface area contributed by atoms with Gasteiger partial charge in [-0.3, -0.25) is 9.69 Å². The Bertz CT molecular complexity index is 1290. The van der Waals surface area contributed by atoms with E-state index in [4.69, 9.17) is 18.9 Å². The van der Waals surface area contributed by atoms with Crippen LogP contribution in [0.25, 0.3) is 0 Å². The maximum absolute atomic E-state index is 14.0. The molecule has 1 aliphatic heterocycles. The second-order valence-corrected chi connectivity index (χ2v) is 13.7. The van der Waals surface area contributed by atoms with E-state index < -0.39 is 34.3 Å². The molecule has 1 amide bonds. The van der Waals surface area contributed by atoms with Crippen molar-refractivity contribution in [2.45, 2.75) is 87.1 Å². The molecular weight excluding hydrogens is 540 g/mol. The van der Waals surface area contributed by atoms with Crippen LogP contribution < -0.4 is 5.32 Å². The van der Waals surface area contributed by atoms with Crippen LogP contribution in [-0.2, 0) is 23.7 Å². The standard InChI is InChI=1S/C32H44N2O8/c1-6-34-16-29(42-28(36)18-9-7-8-10-21(18)33-17(2)35)12-11-25(40-4)31-23(29)14-20(26(31)34)30(37)15-22(39-3)19-13-24(31)32(30,38)27(19)41-5/h7-10,19-20,22-27,37-38H,6,11-16H2,1-5H3,(H,33,35)/t19?,20?,22?,23?,24?,25?,26?,27?,29-,30+,31+,32+/m1/s1. The molecule has 1 aromatic rings. The number of hydrogen-bond acceptors (Lipinski definition) is 9. The fourth-order valence-corrected chi connectivity index (χ4v) is 11.6. The van der Waals surface area contributed by atoms with Gasteiger partial charge in [0.2, 0.25) is 5.91 Å². The smallest absolute Gasteiger partial charge is 0.340 e. The minimum absolute atomic E-state index is 0.0432. The van der Waals surface area contributed by atoms with Crippen LogP contribution in [0, 0.1) is 29.1 Å². The lowest BCUT2D eigenvalue weighted by Crippen LogP contribution is -2.83. The van der Waals surface area contributed by atoms with E-state index in [-0.39, 0.29) is 47.8 Å². The minimum Gasteiger partial charge on any atom is -0.454 e. The van der Waals surface area contributed by atoms with Gasteiger partial charge in [-0.1, -0.05) is 19.1 Å². The van der Waals surface area contributed by atoms with Crippen LogP contribution in [0.2, 0.25) is 0 Å². The molecule has 12 atom stereocenters. The van der Waals surface area contributed by atoms with Crippen LogP contribution in [0.1, 0.15) is 56.3 Å². The van der Waals surface area contributed by atoms with Crippen molar-refractivity contribution in [1.29, 1.82) is 0 Å². The molecule has 6 aliphatic rings. The number of esters is 1. The molecule has 1 aromatic carbocycles. The van der Waals surface area contributed by atoms with Crippen LogP contribution in [0.4, 0.5) is 5.69 Å². The fraction of sp³-hybridized carbons (Fsp3) is 0.750. The summed E-state index contributed by atoms with van der Waals surface area (Å²) < 4.78 is 25.1. The number of likely N-dealkylation sites (tertiary alicyclic amines) is 1. The molecule has 230 valence electrons.